The summed E-state index contributed by atoms with van der Waals surface area (Å²) in [5.74, 6) is 1.08. The Labute approximate surface area is 179 Å². The zero-order valence-electron chi connectivity index (χ0n) is 15.8. The van der Waals surface area contributed by atoms with Gasteiger partial charge in [-0.1, -0.05) is 53.5 Å². The van der Waals surface area contributed by atoms with Crippen molar-refractivity contribution in [3.8, 4) is 11.5 Å². The van der Waals surface area contributed by atoms with Crippen LogP contribution in [0.3, 0.4) is 0 Å². The molecule has 0 bridgehead atoms. The fourth-order valence-corrected chi connectivity index (χ4v) is 4.83. The van der Waals surface area contributed by atoms with E-state index in [1.165, 1.54) is 24.6 Å². The van der Waals surface area contributed by atoms with Crippen LogP contribution < -0.4 is 9.64 Å². The van der Waals surface area contributed by atoms with Gasteiger partial charge in [0.15, 0.2) is 0 Å². The zero-order valence-corrected chi connectivity index (χ0v) is 17.3. The van der Waals surface area contributed by atoms with Gasteiger partial charge in [0.25, 0.3) is 0 Å². The number of ether oxygens (including phenoxy) is 1. The molecule has 0 spiro atoms. The summed E-state index contributed by atoms with van der Waals surface area (Å²) in [4.78, 5) is 2.38. The maximum atomic E-state index is 14.0. The van der Waals surface area contributed by atoms with Crippen molar-refractivity contribution in [2.45, 2.75) is 25.2 Å². The number of anilines is 1. The Hall–Kier alpha value is -2.23. The highest BCUT2D eigenvalue weighted by atomic mass is 35.5. The molecule has 1 fully saturated rings. The van der Waals surface area contributed by atoms with E-state index in [4.69, 9.17) is 27.9 Å². The fraction of sp³-hybridized carbons (Fsp3) is 0.250. The van der Waals surface area contributed by atoms with Gasteiger partial charge in [0, 0.05) is 41.9 Å². The summed E-state index contributed by atoms with van der Waals surface area (Å²) in [5, 5.41) is 0.757. The van der Waals surface area contributed by atoms with E-state index in [0.717, 1.165) is 35.5 Å². The Morgan fingerprint density at radius 1 is 0.966 bits per heavy atom. The van der Waals surface area contributed by atoms with Gasteiger partial charge in [-0.3, -0.25) is 0 Å². The van der Waals surface area contributed by atoms with Crippen LogP contribution in [0.5, 0.6) is 11.5 Å². The van der Waals surface area contributed by atoms with Crippen molar-refractivity contribution in [1.29, 1.82) is 0 Å². The monoisotopic (exact) mass is 427 g/mol. The summed E-state index contributed by atoms with van der Waals surface area (Å²) in [6, 6.07) is 17.1. The number of para-hydroxylation sites is 1. The predicted octanol–water partition coefficient (Wildman–Crippen LogP) is 7.21. The highest BCUT2D eigenvalue weighted by molar-refractivity contribution is 6.32. The largest absolute Gasteiger partial charge is 0.455 e. The second-order valence-corrected chi connectivity index (χ2v) is 8.43. The number of benzene rings is 3. The minimum Gasteiger partial charge on any atom is -0.455 e. The molecular formula is C24H20Cl2FNO. The first kappa shape index (κ1) is 18.8. The topological polar surface area (TPSA) is 12.5 Å². The molecule has 2 nitrogen and oxygen atoms in total. The van der Waals surface area contributed by atoms with E-state index in [0.29, 0.717) is 17.2 Å². The van der Waals surface area contributed by atoms with Gasteiger partial charge in [-0.15, -0.1) is 0 Å². The summed E-state index contributed by atoms with van der Waals surface area (Å²) >= 11 is 12.7. The molecular weight excluding hydrogens is 408 g/mol. The fourth-order valence-electron chi connectivity index (χ4n) is 4.40. The van der Waals surface area contributed by atoms with E-state index in [-0.39, 0.29) is 10.9 Å². The molecule has 0 radical (unpaired) electrons. The first-order valence-electron chi connectivity index (χ1n) is 9.90. The minimum atomic E-state index is -0.396. The Kier molecular flexibility index (Phi) is 4.89. The normalized spacial score (nSPS) is 17.6. The molecule has 0 aromatic heterocycles. The molecule has 1 saturated heterocycles. The summed E-state index contributed by atoms with van der Waals surface area (Å²) in [5.41, 5.74) is 4.01. The molecule has 1 unspecified atom stereocenters. The van der Waals surface area contributed by atoms with E-state index in [1.54, 1.807) is 6.07 Å². The smallest absolute Gasteiger partial charge is 0.149 e. The van der Waals surface area contributed by atoms with Crippen molar-refractivity contribution in [2.24, 2.45) is 0 Å². The van der Waals surface area contributed by atoms with Gasteiger partial charge >= 0.3 is 0 Å². The highest BCUT2D eigenvalue weighted by Crippen LogP contribution is 2.49. The van der Waals surface area contributed by atoms with Crippen LogP contribution in [0.1, 0.15) is 35.4 Å². The van der Waals surface area contributed by atoms with E-state index < -0.39 is 5.82 Å². The quantitative estimate of drug-likeness (QED) is 0.437. The summed E-state index contributed by atoms with van der Waals surface area (Å²) < 4.78 is 20.3. The Morgan fingerprint density at radius 3 is 2.59 bits per heavy atom. The molecule has 0 N–H and O–H groups in total. The first-order valence-corrected chi connectivity index (χ1v) is 10.7. The van der Waals surface area contributed by atoms with Crippen molar-refractivity contribution >= 4 is 28.9 Å². The van der Waals surface area contributed by atoms with Gasteiger partial charge in [0.05, 0.1) is 10.0 Å². The summed E-state index contributed by atoms with van der Waals surface area (Å²) in [7, 11) is 0. The van der Waals surface area contributed by atoms with Gasteiger partial charge in [-0.2, -0.15) is 0 Å². The van der Waals surface area contributed by atoms with Gasteiger partial charge in [-0.05, 0) is 43.0 Å². The Bertz CT molecular complexity index is 1080. The van der Waals surface area contributed by atoms with Crippen LogP contribution >= 0.6 is 23.2 Å². The van der Waals surface area contributed by atoms with Crippen LogP contribution in [0.4, 0.5) is 10.1 Å². The molecule has 2 aliphatic heterocycles. The third-order valence-electron chi connectivity index (χ3n) is 5.88. The Balaban J connectivity index is 1.60. The molecule has 148 valence electrons. The number of nitrogens with zero attached hydrogens (tertiary/aromatic N) is 1. The van der Waals surface area contributed by atoms with Gasteiger partial charge < -0.3 is 9.64 Å². The molecule has 2 aliphatic rings. The number of fused-ring (bicyclic) bond motifs is 2. The van der Waals surface area contributed by atoms with E-state index >= 15 is 0 Å². The van der Waals surface area contributed by atoms with Crippen LogP contribution in [0.2, 0.25) is 10.0 Å². The maximum Gasteiger partial charge on any atom is 0.149 e. The van der Waals surface area contributed by atoms with Gasteiger partial charge in [-0.25, -0.2) is 4.39 Å². The number of rotatable bonds is 3. The van der Waals surface area contributed by atoms with E-state index in [9.17, 15) is 4.39 Å². The zero-order chi connectivity index (χ0) is 20.0. The van der Waals surface area contributed by atoms with E-state index in [1.807, 2.05) is 24.3 Å². The number of hydrogen-bond donors (Lipinski definition) is 0. The third-order valence-corrected chi connectivity index (χ3v) is 6.61. The van der Waals surface area contributed by atoms with Crippen molar-refractivity contribution in [3.63, 3.8) is 0 Å². The lowest BCUT2D eigenvalue weighted by atomic mass is 9.83. The molecule has 3 aromatic carbocycles. The number of hydrogen-bond acceptors (Lipinski definition) is 2. The lowest BCUT2D eigenvalue weighted by Gasteiger charge is -2.30. The molecule has 1 atom stereocenters. The third kappa shape index (κ3) is 3.37. The van der Waals surface area contributed by atoms with Gasteiger partial charge in [0.2, 0.25) is 0 Å². The second-order valence-electron chi connectivity index (χ2n) is 7.65. The molecule has 5 heteroatoms. The first-order chi connectivity index (χ1) is 14.1. The standard InChI is InChI=1S/C24H20Cl2FNO/c25-20-7-4-6-18-19(13-15-5-3-8-21(27)23(15)26)17-10-9-16(28-11-1-2-12-28)14-22(17)29-24(18)20/h3-10,14,19H,1-2,11-13H2. The molecule has 0 amide bonds. The second kappa shape index (κ2) is 7.55. The average molecular weight is 428 g/mol. The molecule has 2 heterocycles. The molecule has 0 aliphatic carbocycles. The van der Waals surface area contributed by atoms with E-state index in [2.05, 4.69) is 23.1 Å². The Morgan fingerprint density at radius 2 is 1.76 bits per heavy atom. The summed E-state index contributed by atoms with van der Waals surface area (Å²) in [6.45, 7) is 2.14. The van der Waals surface area contributed by atoms with Crippen molar-refractivity contribution in [3.05, 3.63) is 87.2 Å². The van der Waals surface area contributed by atoms with Crippen LogP contribution in [0.15, 0.2) is 54.6 Å². The lowest BCUT2D eigenvalue weighted by Crippen LogP contribution is -2.19. The molecule has 3 aromatic rings. The number of halogens is 3. The highest BCUT2D eigenvalue weighted by Gasteiger charge is 2.30. The average Bonchev–Trinajstić information content (AvgIpc) is 3.26. The van der Waals surface area contributed by atoms with Crippen molar-refractivity contribution in [2.75, 3.05) is 18.0 Å². The van der Waals surface area contributed by atoms with Crippen LogP contribution in [0, 0.1) is 5.82 Å². The summed E-state index contributed by atoms with van der Waals surface area (Å²) in [6.07, 6.45) is 3.00. The molecule has 29 heavy (non-hydrogen) atoms. The molecule has 0 saturated carbocycles. The molecule has 5 rings (SSSR count). The van der Waals surface area contributed by atoms with Gasteiger partial charge in [0.1, 0.15) is 17.3 Å². The van der Waals surface area contributed by atoms with Crippen molar-refractivity contribution < 1.29 is 9.13 Å². The maximum absolute atomic E-state index is 14.0. The van der Waals surface area contributed by atoms with Crippen LogP contribution in [0.25, 0.3) is 0 Å². The van der Waals surface area contributed by atoms with Crippen molar-refractivity contribution in [1.82, 2.24) is 0 Å². The minimum absolute atomic E-state index is 0.0145. The SMILES string of the molecule is Fc1cccc(CC2c3ccc(N4CCCC4)cc3Oc3c(Cl)cccc32)c1Cl. The lowest BCUT2D eigenvalue weighted by molar-refractivity contribution is 0.445. The predicted molar refractivity (Wildman–Crippen MR) is 116 cm³/mol. The van der Waals surface area contributed by atoms with Crippen LogP contribution in [-0.4, -0.2) is 13.1 Å². The van der Waals surface area contributed by atoms with Crippen LogP contribution in [-0.2, 0) is 6.42 Å².